The lowest BCUT2D eigenvalue weighted by atomic mass is 10.2. The number of ether oxygens (including phenoxy) is 1. The van der Waals surface area contributed by atoms with Crippen molar-refractivity contribution in [2.24, 2.45) is 7.05 Å². The summed E-state index contributed by atoms with van der Waals surface area (Å²) in [5, 5.41) is 2.94. The van der Waals surface area contributed by atoms with E-state index in [-0.39, 0.29) is 18.5 Å². The van der Waals surface area contributed by atoms with Crippen LogP contribution in [-0.4, -0.2) is 65.4 Å². The summed E-state index contributed by atoms with van der Waals surface area (Å²) in [7, 11) is 1.98. The van der Waals surface area contributed by atoms with Crippen molar-refractivity contribution in [3.8, 4) is 0 Å². The van der Waals surface area contributed by atoms with Crippen LogP contribution in [0.5, 0.6) is 0 Å². The van der Waals surface area contributed by atoms with E-state index in [1.807, 2.05) is 72.3 Å². The number of nitrogens with zero attached hydrogens (tertiary/aromatic N) is 3. The van der Waals surface area contributed by atoms with Gasteiger partial charge in [-0.05, 0) is 62.4 Å². The maximum absolute atomic E-state index is 13.3. The largest absolute Gasteiger partial charge is 0.382 e. The van der Waals surface area contributed by atoms with Crippen LogP contribution in [0.2, 0.25) is 0 Å². The molecule has 3 amide bonds. The second-order valence-corrected chi connectivity index (χ2v) is 8.79. The number of anilines is 1. The minimum absolute atomic E-state index is 0.0367. The molecule has 0 atom stereocenters. The van der Waals surface area contributed by atoms with Crippen molar-refractivity contribution >= 4 is 29.4 Å². The van der Waals surface area contributed by atoms with E-state index in [9.17, 15) is 9.59 Å². The molecule has 1 aromatic carbocycles. The Morgan fingerprint density at radius 2 is 1.79 bits per heavy atom. The topological polar surface area (TPSA) is 66.8 Å². The van der Waals surface area contributed by atoms with Crippen molar-refractivity contribution in [2.45, 2.75) is 44.6 Å². The smallest absolute Gasteiger partial charge is 0.322 e. The fourth-order valence-electron chi connectivity index (χ4n) is 3.39. The van der Waals surface area contributed by atoms with Crippen molar-refractivity contribution < 1.29 is 14.3 Å². The maximum atomic E-state index is 13.3. The van der Waals surface area contributed by atoms with Crippen LogP contribution in [0.15, 0.2) is 47.5 Å². The number of hydrogen-bond acceptors (Lipinski definition) is 4. The number of benzene rings is 1. The van der Waals surface area contributed by atoms with Gasteiger partial charge in [-0.3, -0.25) is 4.79 Å². The van der Waals surface area contributed by atoms with Crippen LogP contribution in [0.4, 0.5) is 10.5 Å². The normalized spacial score (nSPS) is 10.8. The van der Waals surface area contributed by atoms with Gasteiger partial charge in [-0.25, -0.2) is 4.79 Å². The van der Waals surface area contributed by atoms with Crippen molar-refractivity contribution in [1.29, 1.82) is 0 Å². The van der Waals surface area contributed by atoms with Gasteiger partial charge in [0.1, 0.15) is 6.54 Å². The number of thioether (sulfide) groups is 1. The molecule has 0 radical (unpaired) electrons. The van der Waals surface area contributed by atoms with Crippen LogP contribution in [0.3, 0.4) is 0 Å². The first kappa shape index (κ1) is 26.8. The Kier molecular flexibility index (Phi) is 11.9. The fraction of sp³-hybridized carbons (Fsp3) is 0.520. The Hall–Kier alpha value is -2.45. The molecule has 0 saturated heterocycles. The first-order chi connectivity index (χ1) is 16.0. The van der Waals surface area contributed by atoms with Crippen LogP contribution in [0, 0.1) is 0 Å². The van der Waals surface area contributed by atoms with Gasteiger partial charge in [-0.2, -0.15) is 0 Å². The van der Waals surface area contributed by atoms with Crippen molar-refractivity contribution in [1.82, 2.24) is 14.4 Å². The SMILES string of the molecule is CCCCN(Cc1cccn1C)C(=O)CN(CCCOCC)C(=O)Nc1ccc(SC)cc1. The molecule has 2 rings (SSSR count). The molecule has 8 heteroatoms. The molecule has 1 aromatic heterocycles. The molecule has 0 aliphatic rings. The lowest BCUT2D eigenvalue weighted by Crippen LogP contribution is -2.45. The minimum Gasteiger partial charge on any atom is -0.382 e. The number of carbonyl (C=O) groups is 2. The van der Waals surface area contributed by atoms with E-state index in [2.05, 4.69) is 12.2 Å². The number of unbranched alkanes of at least 4 members (excludes halogenated alkanes) is 1. The summed E-state index contributed by atoms with van der Waals surface area (Å²) in [5.74, 6) is -0.0473. The van der Waals surface area contributed by atoms with Crippen LogP contribution < -0.4 is 5.32 Å². The number of nitrogens with one attached hydrogen (secondary N) is 1. The zero-order valence-electron chi connectivity index (χ0n) is 20.4. The Morgan fingerprint density at radius 1 is 1.06 bits per heavy atom. The standard InChI is InChI=1S/C25H38N4O3S/c1-5-7-16-28(19-22-10-8-15-27(22)3)24(30)20-29(17-9-18-32-6-2)25(31)26-21-11-13-23(33-4)14-12-21/h8,10-15H,5-7,9,16-20H2,1-4H3,(H,26,31). The maximum Gasteiger partial charge on any atom is 0.322 e. The summed E-state index contributed by atoms with van der Waals surface area (Å²) < 4.78 is 7.46. The van der Waals surface area contributed by atoms with Gasteiger partial charge >= 0.3 is 6.03 Å². The molecule has 0 aliphatic carbocycles. The number of aromatic nitrogens is 1. The highest BCUT2D eigenvalue weighted by molar-refractivity contribution is 7.98. The summed E-state index contributed by atoms with van der Waals surface area (Å²) in [5.41, 5.74) is 1.78. The van der Waals surface area contributed by atoms with Crippen LogP contribution >= 0.6 is 11.8 Å². The Morgan fingerprint density at radius 3 is 2.39 bits per heavy atom. The van der Waals surface area contributed by atoms with Gasteiger partial charge in [-0.15, -0.1) is 11.8 Å². The molecule has 33 heavy (non-hydrogen) atoms. The average molecular weight is 475 g/mol. The molecular formula is C25H38N4O3S. The third kappa shape index (κ3) is 9.14. The van der Waals surface area contributed by atoms with Crippen molar-refractivity contribution in [3.05, 3.63) is 48.3 Å². The molecule has 0 spiro atoms. The Balaban J connectivity index is 2.09. The first-order valence-corrected chi connectivity index (χ1v) is 12.9. The van der Waals surface area contributed by atoms with E-state index >= 15 is 0 Å². The van der Waals surface area contributed by atoms with Gasteiger partial charge in [-0.1, -0.05) is 13.3 Å². The predicted molar refractivity (Wildman–Crippen MR) is 136 cm³/mol. The third-order valence-corrected chi connectivity index (χ3v) is 6.16. The molecule has 0 unspecified atom stereocenters. The molecule has 0 bridgehead atoms. The number of urea groups is 1. The summed E-state index contributed by atoms with van der Waals surface area (Å²) >= 11 is 1.65. The van der Waals surface area contributed by atoms with Crippen molar-refractivity contribution in [3.63, 3.8) is 0 Å². The summed E-state index contributed by atoms with van der Waals surface area (Å²) in [4.78, 5) is 30.9. The third-order valence-electron chi connectivity index (χ3n) is 5.41. The van der Waals surface area contributed by atoms with Gasteiger partial charge in [0, 0.05) is 55.8 Å². The second kappa shape index (κ2) is 14.6. The quantitative estimate of drug-likeness (QED) is 0.314. The Labute approximate surface area is 202 Å². The summed E-state index contributed by atoms with van der Waals surface area (Å²) in [6.07, 6.45) is 6.59. The predicted octanol–water partition coefficient (Wildman–Crippen LogP) is 4.84. The van der Waals surface area contributed by atoms with Gasteiger partial charge < -0.3 is 24.4 Å². The van der Waals surface area contributed by atoms with Gasteiger partial charge in [0.25, 0.3) is 0 Å². The summed E-state index contributed by atoms with van der Waals surface area (Å²) in [6, 6.07) is 11.4. The molecular weight excluding hydrogens is 436 g/mol. The molecule has 2 aromatic rings. The molecule has 0 saturated carbocycles. The first-order valence-electron chi connectivity index (χ1n) is 11.6. The highest BCUT2D eigenvalue weighted by Crippen LogP contribution is 2.18. The highest BCUT2D eigenvalue weighted by Gasteiger charge is 2.22. The number of amides is 3. The molecule has 1 heterocycles. The van der Waals surface area contributed by atoms with Gasteiger partial charge in [0.15, 0.2) is 0 Å². The summed E-state index contributed by atoms with van der Waals surface area (Å²) in [6.45, 7) is 6.94. The Bertz CT molecular complexity index is 854. The molecule has 0 fully saturated rings. The lowest BCUT2D eigenvalue weighted by Gasteiger charge is -2.28. The van der Waals surface area contributed by atoms with E-state index in [0.29, 0.717) is 45.0 Å². The highest BCUT2D eigenvalue weighted by atomic mass is 32.2. The van der Waals surface area contributed by atoms with E-state index < -0.39 is 0 Å². The monoisotopic (exact) mass is 474 g/mol. The van der Waals surface area contributed by atoms with E-state index in [0.717, 1.165) is 23.4 Å². The minimum atomic E-state index is -0.272. The average Bonchev–Trinajstić information content (AvgIpc) is 3.23. The van der Waals surface area contributed by atoms with Crippen LogP contribution in [0.1, 0.15) is 38.8 Å². The van der Waals surface area contributed by atoms with E-state index in [4.69, 9.17) is 4.74 Å². The zero-order valence-corrected chi connectivity index (χ0v) is 21.2. The lowest BCUT2D eigenvalue weighted by molar-refractivity contribution is -0.132. The van der Waals surface area contributed by atoms with E-state index in [1.54, 1.807) is 16.7 Å². The zero-order chi connectivity index (χ0) is 24.1. The van der Waals surface area contributed by atoms with Crippen LogP contribution in [0.25, 0.3) is 0 Å². The fourth-order valence-corrected chi connectivity index (χ4v) is 3.80. The van der Waals surface area contributed by atoms with Crippen LogP contribution in [-0.2, 0) is 23.1 Å². The molecule has 1 N–H and O–H groups in total. The van der Waals surface area contributed by atoms with Crippen molar-refractivity contribution in [2.75, 3.05) is 44.4 Å². The number of aryl methyl sites for hydroxylation is 1. The molecule has 182 valence electrons. The number of rotatable bonds is 14. The van der Waals surface area contributed by atoms with Gasteiger partial charge in [0.2, 0.25) is 5.91 Å². The molecule has 7 nitrogen and oxygen atoms in total. The van der Waals surface area contributed by atoms with E-state index in [1.165, 1.54) is 0 Å². The number of carbonyl (C=O) groups excluding carboxylic acids is 2. The van der Waals surface area contributed by atoms with Gasteiger partial charge in [0.05, 0.1) is 6.54 Å². The second-order valence-electron chi connectivity index (χ2n) is 7.91. The number of hydrogen-bond donors (Lipinski definition) is 1. The molecule has 0 aliphatic heterocycles.